The number of hydrogen-bond acceptors (Lipinski definition) is 7. The maximum absolute atomic E-state index is 13.2. The van der Waals surface area contributed by atoms with Gasteiger partial charge >= 0.3 is 5.97 Å². The zero-order valence-electron chi connectivity index (χ0n) is 14.5. The second-order valence-electron chi connectivity index (χ2n) is 5.42. The smallest absolute Gasteiger partial charge is 0.326 e. The average molecular weight is 414 g/mol. The highest BCUT2D eigenvalue weighted by molar-refractivity contribution is 7.92. The number of nitrogens with zero attached hydrogens (tertiary/aromatic N) is 1. The quantitative estimate of drug-likeness (QED) is 0.671. The van der Waals surface area contributed by atoms with Gasteiger partial charge in [0, 0.05) is 6.07 Å². The molecule has 2 aromatic carbocycles. The summed E-state index contributed by atoms with van der Waals surface area (Å²) in [6.07, 6.45) is 0. The van der Waals surface area contributed by atoms with Crippen LogP contribution in [-0.2, 0) is 19.6 Å². The van der Waals surface area contributed by atoms with E-state index >= 15 is 0 Å². The Morgan fingerprint density at radius 3 is 2.56 bits per heavy atom. The van der Waals surface area contributed by atoms with Gasteiger partial charge in [-0.25, -0.2) is 8.42 Å². The van der Waals surface area contributed by atoms with Crippen molar-refractivity contribution in [3.05, 3.63) is 41.4 Å². The first-order chi connectivity index (χ1) is 12.9. The number of benzene rings is 2. The van der Waals surface area contributed by atoms with Gasteiger partial charge in [-0.3, -0.25) is 9.10 Å². The summed E-state index contributed by atoms with van der Waals surface area (Å²) in [5, 5.41) is 0.127. The van der Waals surface area contributed by atoms with E-state index in [0.29, 0.717) is 17.2 Å². The van der Waals surface area contributed by atoms with Gasteiger partial charge in [0.2, 0.25) is 6.79 Å². The number of halogens is 1. The van der Waals surface area contributed by atoms with Crippen LogP contribution in [0.15, 0.2) is 41.3 Å². The Balaban J connectivity index is 2.06. The molecule has 0 atom stereocenters. The Morgan fingerprint density at radius 2 is 1.89 bits per heavy atom. The standard InChI is InChI=1S/C17H16ClNO7S/c1-23-14-6-4-12(8-13(14)18)27(21,22)19(9-17(20)24-2)11-3-5-15-16(7-11)26-10-25-15/h3-8H,9-10H2,1-2H3. The highest BCUT2D eigenvalue weighted by Crippen LogP contribution is 2.37. The van der Waals surface area contributed by atoms with Crippen molar-refractivity contribution in [2.75, 3.05) is 31.9 Å². The van der Waals surface area contributed by atoms with Crippen molar-refractivity contribution in [3.63, 3.8) is 0 Å². The molecule has 0 spiro atoms. The molecule has 0 saturated carbocycles. The van der Waals surface area contributed by atoms with E-state index in [1.165, 1.54) is 44.6 Å². The molecule has 0 bridgehead atoms. The maximum Gasteiger partial charge on any atom is 0.326 e. The van der Waals surface area contributed by atoms with Crippen LogP contribution in [0.4, 0.5) is 5.69 Å². The van der Waals surface area contributed by atoms with Gasteiger partial charge in [-0.05, 0) is 30.3 Å². The summed E-state index contributed by atoms with van der Waals surface area (Å²) in [7, 11) is -1.53. The zero-order valence-corrected chi connectivity index (χ0v) is 16.0. The fourth-order valence-corrected chi connectivity index (χ4v) is 4.22. The van der Waals surface area contributed by atoms with E-state index in [2.05, 4.69) is 4.74 Å². The van der Waals surface area contributed by atoms with E-state index in [0.717, 1.165) is 4.31 Å². The SMILES string of the molecule is COC(=O)CN(c1ccc2c(c1)OCO2)S(=O)(=O)c1ccc(OC)c(Cl)c1. The molecule has 0 amide bonds. The van der Waals surface area contributed by atoms with E-state index in [1.54, 1.807) is 6.07 Å². The molecule has 1 heterocycles. The lowest BCUT2D eigenvalue weighted by atomic mass is 10.3. The number of carbonyl (C=O) groups is 1. The van der Waals surface area contributed by atoms with Gasteiger partial charge in [0.25, 0.3) is 10.0 Å². The number of anilines is 1. The lowest BCUT2D eigenvalue weighted by molar-refractivity contribution is -0.138. The Bertz CT molecular complexity index is 977. The van der Waals surface area contributed by atoms with Gasteiger partial charge in [0.05, 0.1) is 29.8 Å². The number of methoxy groups -OCH3 is 2. The zero-order chi connectivity index (χ0) is 19.6. The second kappa shape index (κ2) is 7.53. The Hall–Kier alpha value is -2.65. The first-order valence-corrected chi connectivity index (χ1v) is 9.51. The van der Waals surface area contributed by atoms with Crippen LogP contribution in [0.5, 0.6) is 17.2 Å². The number of fused-ring (bicyclic) bond motifs is 1. The van der Waals surface area contributed by atoms with Crippen LogP contribution in [-0.4, -0.2) is 41.9 Å². The summed E-state index contributed by atoms with van der Waals surface area (Å²) in [5.41, 5.74) is 0.219. The lowest BCUT2D eigenvalue weighted by Gasteiger charge is -2.23. The predicted molar refractivity (Wildman–Crippen MR) is 97.1 cm³/mol. The van der Waals surface area contributed by atoms with Crippen LogP contribution in [0.1, 0.15) is 0 Å². The van der Waals surface area contributed by atoms with Crippen LogP contribution in [0.3, 0.4) is 0 Å². The topological polar surface area (TPSA) is 91.4 Å². The molecule has 2 aromatic rings. The maximum atomic E-state index is 13.2. The van der Waals surface area contributed by atoms with Crippen LogP contribution in [0.2, 0.25) is 5.02 Å². The third-order valence-corrected chi connectivity index (χ3v) is 5.92. The Labute approximate surface area is 161 Å². The summed E-state index contributed by atoms with van der Waals surface area (Å²) in [6.45, 7) is -0.487. The first kappa shape index (κ1) is 19.1. The highest BCUT2D eigenvalue weighted by atomic mass is 35.5. The molecule has 8 nitrogen and oxygen atoms in total. The summed E-state index contributed by atoms with van der Waals surface area (Å²) >= 11 is 6.06. The van der Waals surface area contributed by atoms with Crippen LogP contribution in [0, 0.1) is 0 Å². The van der Waals surface area contributed by atoms with Crippen molar-refractivity contribution in [2.24, 2.45) is 0 Å². The molecule has 3 rings (SSSR count). The van der Waals surface area contributed by atoms with Gasteiger partial charge in [-0.2, -0.15) is 0 Å². The molecular weight excluding hydrogens is 398 g/mol. The molecular formula is C17H16ClNO7S. The van der Waals surface area contributed by atoms with Crippen molar-refractivity contribution in [1.82, 2.24) is 0 Å². The summed E-state index contributed by atoms with van der Waals surface area (Å²) < 4.78 is 47.5. The molecule has 0 aliphatic carbocycles. The summed E-state index contributed by atoms with van der Waals surface area (Å²) in [6, 6.07) is 8.60. The lowest BCUT2D eigenvalue weighted by Crippen LogP contribution is -2.36. The van der Waals surface area contributed by atoms with E-state index in [4.69, 9.17) is 25.8 Å². The molecule has 10 heteroatoms. The van der Waals surface area contributed by atoms with Gasteiger partial charge in [-0.15, -0.1) is 0 Å². The fourth-order valence-electron chi connectivity index (χ4n) is 2.47. The van der Waals surface area contributed by atoms with E-state index in [9.17, 15) is 13.2 Å². The number of esters is 1. The molecule has 0 radical (unpaired) electrons. The van der Waals surface area contributed by atoms with Crippen molar-refractivity contribution in [2.45, 2.75) is 4.90 Å². The summed E-state index contributed by atoms with van der Waals surface area (Å²) in [4.78, 5) is 11.7. The molecule has 1 aliphatic heterocycles. The third kappa shape index (κ3) is 3.74. The monoisotopic (exact) mass is 413 g/mol. The first-order valence-electron chi connectivity index (χ1n) is 7.69. The number of ether oxygens (including phenoxy) is 4. The minimum absolute atomic E-state index is 0.0383. The largest absolute Gasteiger partial charge is 0.495 e. The molecule has 0 fully saturated rings. The van der Waals surface area contributed by atoms with E-state index < -0.39 is 22.5 Å². The van der Waals surface area contributed by atoms with Crippen molar-refractivity contribution in [1.29, 1.82) is 0 Å². The number of carbonyl (C=O) groups excluding carboxylic acids is 1. The molecule has 0 saturated heterocycles. The molecule has 0 aromatic heterocycles. The normalized spacial score (nSPS) is 12.6. The number of sulfonamides is 1. The molecule has 0 unspecified atom stereocenters. The van der Waals surface area contributed by atoms with E-state index in [-0.39, 0.29) is 22.4 Å². The van der Waals surface area contributed by atoms with Gasteiger partial charge in [0.15, 0.2) is 11.5 Å². The van der Waals surface area contributed by atoms with Crippen molar-refractivity contribution < 1.29 is 32.2 Å². The molecule has 0 N–H and O–H groups in total. The molecule has 1 aliphatic rings. The third-order valence-electron chi connectivity index (χ3n) is 3.86. The minimum Gasteiger partial charge on any atom is -0.495 e. The predicted octanol–water partition coefficient (Wildman–Crippen LogP) is 2.45. The Morgan fingerprint density at radius 1 is 1.15 bits per heavy atom. The fraction of sp³-hybridized carbons (Fsp3) is 0.235. The highest BCUT2D eigenvalue weighted by Gasteiger charge is 2.29. The minimum atomic E-state index is -4.13. The number of rotatable bonds is 6. The van der Waals surface area contributed by atoms with Crippen molar-refractivity contribution in [3.8, 4) is 17.2 Å². The van der Waals surface area contributed by atoms with Gasteiger partial charge < -0.3 is 18.9 Å². The van der Waals surface area contributed by atoms with Crippen LogP contribution >= 0.6 is 11.6 Å². The van der Waals surface area contributed by atoms with Crippen LogP contribution < -0.4 is 18.5 Å². The molecule has 144 valence electrons. The summed E-state index contributed by atoms with van der Waals surface area (Å²) in [5.74, 6) is 0.473. The van der Waals surface area contributed by atoms with E-state index in [1.807, 2.05) is 0 Å². The van der Waals surface area contributed by atoms with Gasteiger partial charge in [-0.1, -0.05) is 11.6 Å². The Kier molecular flexibility index (Phi) is 5.33. The second-order valence-corrected chi connectivity index (χ2v) is 7.69. The molecule has 27 heavy (non-hydrogen) atoms. The van der Waals surface area contributed by atoms with Crippen molar-refractivity contribution >= 4 is 33.3 Å². The van der Waals surface area contributed by atoms with Gasteiger partial charge in [0.1, 0.15) is 12.3 Å². The average Bonchev–Trinajstić information content (AvgIpc) is 3.13. The number of hydrogen-bond donors (Lipinski definition) is 0. The van der Waals surface area contributed by atoms with Crippen LogP contribution in [0.25, 0.3) is 0 Å².